The van der Waals surface area contributed by atoms with Gasteiger partial charge in [0.05, 0.1) is 0 Å². The van der Waals surface area contributed by atoms with Gasteiger partial charge in [-0.2, -0.15) is 0 Å². The number of hydrogen-bond acceptors (Lipinski definition) is 5. The standard InChI is InChI=1S/C17H25NO4/c1-12-4-3-5-13(2)18(12)9-14(19)10-20-15-6-7-16-17(8-15)22-11-21-16/h6-8,12-14,19H,3-5,9-11H2,1-2H3/t12-,13-,14+/m1/s1. The van der Waals surface area contributed by atoms with Crippen molar-refractivity contribution < 1.29 is 19.3 Å². The van der Waals surface area contributed by atoms with Gasteiger partial charge in [-0.1, -0.05) is 6.42 Å². The van der Waals surface area contributed by atoms with E-state index in [1.807, 2.05) is 12.1 Å². The van der Waals surface area contributed by atoms with Crippen LogP contribution < -0.4 is 14.2 Å². The highest BCUT2D eigenvalue weighted by Crippen LogP contribution is 2.35. The number of benzene rings is 1. The topological polar surface area (TPSA) is 51.2 Å². The summed E-state index contributed by atoms with van der Waals surface area (Å²) in [5, 5.41) is 10.3. The SMILES string of the molecule is C[C@@H]1CCC[C@@H](C)N1C[C@H](O)COc1ccc2c(c1)OCO2. The maximum absolute atomic E-state index is 10.3. The number of fused-ring (bicyclic) bond motifs is 1. The Morgan fingerprint density at radius 3 is 2.73 bits per heavy atom. The molecule has 2 heterocycles. The molecule has 1 N–H and O–H groups in total. The lowest BCUT2D eigenvalue weighted by Crippen LogP contribution is -2.48. The summed E-state index contributed by atoms with van der Waals surface area (Å²) in [5.74, 6) is 2.14. The van der Waals surface area contributed by atoms with Gasteiger partial charge >= 0.3 is 0 Å². The Morgan fingerprint density at radius 2 is 1.95 bits per heavy atom. The molecule has 0 radical (unpaired) electrons. The van der Waals surface area contributed by atoms with Crippen LogP contribution in [0.25, 0.3) is 0 Å². The lowest BCUT2D eigenvalue weighted by atomic mass is 9.97. The fraction of sp³-hybridized carbons (Fsp3) is 0.647. The van der Waals surface area contributed by atoms with Gasteiger partial charge in [-0.25, -0.2) is 0 Å². The van der Waals surface area contributed by atoms with Crippen LogP contribution in [0.15, 0.2) is 18.2 Å². The van der Waals surface area contributed by atoms with Crippen molar-refractivity contribution in [1.82, 2.24) is 4.90 Å². The first kappa shape index (κ1) is 15.4. The molecule has 1 aromatic rings. The van der Waals surface area contributed by atoms with Crippen LogP contribution in [0, 0.1) is 0 Å². The minimum absolute atomic E-state index is 0.256. The number of aliphatic hydroxyl groups excluding tert-OH is 1. The zero-order valence-electron chi connectivity index (χ0n) is 13.3. The largest absolute Gasteiger partial charge is 0.491 e. The number of hydrogen-bond donors (Lipinski definition) is 1. The summed E-state index contributed by atoms with van der Waals surface area (Å²) in [6.07, 6.45) is 3.21. The van der Waals surface area contributed by atoms with E-state index >= 15 is 0 Å². The highest BCUT2D eigenvalue weighted by Gasteiger charge is 2.26. The number of piperidine rings is 1. The molecule has 3 rings (SSSR count). The molecular formula is C17H25NO4. The van der Waals surface area contributed by atoms with Crippen LogP contribution in [0.5, 0.6) is 17.2 Å². The van der Waals surface area contributed by atoms with E-state index in [0.29, 0.717) is 30.1 Å². The number of ether oxygens (including phenoxy) is 3. The van der Waals surface area contributed by atoms with Gasteiger partial charge in [0.2, 0.25) is 6.79 Å². The predicted octanol–water partition coefficient (Wildman–Crippen LogP) is 2.42. The molecule has 3 atom stereocenters. The van der Waals surface area contributed by atoms with Crippen LogP contribution in [0.3, 0.4) is 0 Å². The number of aliphatic hydroxyl groups is 1. The highest BCUT2D eigenvalue weighted by molar-refractivity contribution is 5.46. The molecule has 22 heavy (non-hydrogen) atoms. The first-order chi connectivity index (χ1) is 10.6. The second kappa shape index (κ2) is 6.75. The average molecular weight is 307 g/mol. The van der Waals surface area contributed by atoms with Crippen molar-refractivity contribution in [3.63, 3.8) is 0 Å². The van der Waals surface area contributed by atoms with Gasteiger partial charge in [0.1, 0.15) is 18.5 Å². The molecule has 0 aliphatic carbocycles. The molecule has 0 spiro atoms. The molecule has 0 amide bonds. The van der Waals surface area contributed by atoms with Gasteiger partial charge in [0.15, 0.2) is 11.5 Å². The monoisotopic (exact) mass is 307 g/mol. The van der Waals surface area contributed by atoms with E-state index in [4.69, 9.17) is 14.2 Å². The van der Waals surface area contributed by atoms with Gasteiger partial charge in [0, 0.05) is 24.7 Å². The van der Waals surface area contributed by atoms with Crippen LogP contribution >= 0.6 is 0 Å². The molecule has 1 aromatic carbocycles. The number of β-amino-alcohol motifs (C(OH)–C–C–N with tert-alkyl or cyclic N) is 1. The van der Waals surface area contributed by atoms with Crippen LogP contribution in [-0.2, 0) is 0 Å². The maximum Gasteiger partial charge on any atom is 0.231 e. The van der Waals surface area contributed by atoms with Crippen LogP contribution in [-0.4, -0.2) is 48.1 Å². The lowest BCUT2D eigenvalue weighted by molar-refractivity contribution is 0.0208. The van der Waals surface area contributed by atoms with Crippen LogP contribution in [0.4, 0.5) is 0 Å². The van der Waals surface area contributed by atoms with Crippen molar-refractivity contribution in [2.45, 2.75) is 51.3 Å². The van der Waals surface area contributed by atoms with Gasteiger partial charge < -0.3 is 19.3 Å². The molecule has 0 aromatic heterocycles. The number of likely N-dealkylation sites (tertiary alicyclic amines) is 1. The molecule has 0 unspecified atom stereocenters. The van der Waals surface area contributed by atoms with E-state index in [0.717, 1.165) is 5.75 Å². The normalized spacial score (nSPS) is 26.0. The molecule has 2 aliphatic heterocycles. The van der Waals surface area contributed by atoms with E-state index in [2.05, 4.69) is 18.7 Å². The summed E-state index contributed by atoms with van der Waals surface area (Å²) in [6.45, 7) is 5.68. The first-order valence-corrected chi connectivity index (χ1v) is 8.09. The van der Waals surface area contributed by atoms with Crippen molar-refractivity contribution in [1.29, 1.82) is 0 Å². The van der Waals surface area contributed by atoms with E-state index in [9.17, 15) is 5.11 Å². The van der Waals surface area contributed by atoms with Crippen molar-refractivity contribution in [2.24, 2.45) is 0 Å². The number of rotatable bonds is 5. The van der Waals surface area contributed by atoms with Crippen molar-refractivity contribution in [3.8, 4) is 17.2 Å². The zero-order valence-corrected chi connectivity index (χ0v) is 13.3. The van der Waals surface area contributed by atoms with Gasteiger partial charge in [-0.05, 0) is 38.8 Å². The summed E-state index contributed by atoms with van der Waals surface area (Å²) >= 11 is 0. The smallest absolute Gasteiger partial charge is 0.231 e. The zero-order chi connectivity index (χ0) is 15.5. The Hall–Kier alpha value is -1.46. The van der Waals surface area contributed by atoms with Gasteiger partial charge in [0.25, 0.3) is 0 Å². The summed E-state index contributed by atoms with van der Waals surface area (Å²) < 4.78 is 16.3. The lowest BCUT2D eigenvalue weighted by Gasteiger charge is -2.40. The van der Waals surface area contributed by atoms with Crippen LogP contribution in [0.1, 0.15) is 33.1 Å². The Bertz CT molecular complexity index is 497. The van der Waals surface area contributed by atoms with Crippen molar-refractivity contribution in [3.05, 3.63) is 18.2 Å². The van der Waals surface area contributed by atoms with E-state index in [-0.39, 0.29) is 13.4 Å². The van der Waals surface area contributed by atoms with Crippen molar-refractivity contribution in [2.75, 3.05) is 19.9 Å². The third-order valence-corrected chi connectivity index (χ3v) is 4.58. The molecule has 2 aliphatic rings. The minimum Gasteiger partial charge on any atom is -0.491 e. The van der Waals surface area contributed by atoms with Crippen molar-refractivity contribution >= 4 is 0 Å². The quantitative estimate of drug-likeness (QED) is 0.905. The first-order valence-electron chi connectivity index (χ1n) is 8.09. The molecule has 122 valence electrons. The Labute approximate surface area is 131 Å². The Morgan fingerprint density at radius 1 is 1.23 bits per heavy atom. The summed E-state index contributed by atoms with van der Waals surface area (Å²) in [6, 6.07) is 6.54. The minimum atomic E-state index is -0.492. The van der Waals surface area contributed by atoms with E-state index in [1.165, 1.54) is 19.3 Å². The average Bonchev–Trinajstić information content (AvgIpc) is 2.96. The fourth-order valence-electron chi connectivity index (χ4n) is 3.29. The van der Waals surface area contributed by atoms with E-state index in [1.54, 1.807) is 6.07 Å². The summed E-state index contributed by atoms with van der Waals surface area (Å²) in [5.41, 5.74) is 0. The highest BCUT2D eigenvalue weighted by atomic mass is 16.7. The molecular weight excluding hydrogens is 282 g/mol. The predicted molar refractivity (Wildman–Crippen MR) is 83.5 cm³/mol. The molecule has 1 saturated heterocycles. The van der Waals surface area contributed by atoms with Crippen LogP contribution in [0.2, 0.25) is 0 Å². The molecule has 1 fully saturated rings. The Balaban J connectivity index is 1.50. The number of nitrogens with zero attached hydrogens (tertiary/aromatic N) is 1. The van der Waals surface area contributed by atoms with Gasteiger partial charge in [-0.15, -0.1) is 0 Å². The molecule has 5 nitrogen and oxygen atoms in total. The third kappa shape index (κ3) is 3.47. The Kier molecular flexibility index (Phi) is 4.74. The fourth-order valence-corrected chi connectivity index (χ4v) is 3.29. The molecule has 0 saturated carbocycles. The van der Waals surface area contributed by atoms with Gasteiger partial charge in [-0.3, -0.25) is 4.90 Å². The summed E-state index contributed by atoms with van der Waals surface area (Å²) in [4.78, 5) is 2.39. The molecule has 5 heteroatoms. The summed E-state index contributed by atoms with van der Waals surface area (Å²) in [7, 11) is 0. The second-order valence-electron chi connectivity index (χ2n) is 6.31. The third-order valence-electron chi connectivity index (χ3n) is 4.58. The second-order valence-corrected chi connectivity index (χ2v) is 6.31. The van der Waals surface area contributed by atoms with E-state index < -0.39 is 6.10 Å². The maximum atomic E-state index is 10.3. The molecule has 0 bridgehead atoms.